The van der Waals surface area contributed by atoms with E-state index in [4.69, 9.17) is 9.47 Å². The van der Waals surface area contributed by atoms with E-state index in [1.165, 1.54) is 11.1 Å². The average Bonchev–Trinajstić information content (AvgIpc) is 2.70. The molecule has 1 saturated heterocycles. The summed E-state index contributed by atoms with van der Waals surface area (Å²) in [6.45, 7) is 5.56. The second kappa shape index (κ2) is 10.1. The molecule has 0 N–H and O–H groups in total. The van der Waals surface area contributed by atoms with Crippen LogP contribution in [-0.4, -0.2) is 43.7 Å². The average molecular weight is 367 g/mol. The van der Waals surface area contributed by atoms with Crippen molar-refractivity contribution in [3.63, 3.8) is 0 Å². The zero-order valence-corrected chi connectivity index (χ0v) is 16.1. The smallest absolute Gasteiger partial charge is 0.310 e. The van der Waals surface area contributed by atoms with Crippen LogP contribution >= 0.6 is 0 Å². The lowest BCUT2D eigenvalue weighted by atomic mass is 9.98. The molecule has 27 heavy (non-hydrogen) atoms. The van der Waals surface area contributed by atoms with E-state index in [9.17, 15) is 4.79 Å². The molecule has 0 spiro atoms. The fourth-order valence-corrected chi connectivity index (χ4v) is 3.60. The van der Waals surface area contributed by atoms with Crippen molar-refractivity contribution in [2.75, 3.05) is 32.8 Å². The molecule has 1 aliphatic heterocycles. The van der Waals surface area contributed by atoms with Crippen molar-refractivity contribution in [2.45, 2.75) is 26.2 Å². The Bertz CT molecular complexity index is 717. The second-order valence-corrected chi connectivity index (χ2v) is 7.01. The van der Waals surface area contributed by atoms with Gasteiger partial charge in [-0.1, -0.05) is 48.5 Å². The molecule has 0 radical (unpaired) electrons. The Morgan fingerprint density at radius 1 is 1.11 bits per heavy atom. The molecule has 1 fully saturated rings. The van der Waals surface area contributed by atoms with Crippen molar-refractivity contribution in [1.82, 2.24) is 4.90 Å². The first-order valence-corrected chi connectivity index (χ1v) is 9.90. The largest absolute Gasteiger partial charge is 0.492 e. The Balaban J connectivity index is 1.51. The summed E-state index contributed by atoms with van der Waals surface area (Å²) in [7, 11) is 0. The van der Waals surface area contributed by atoms with Crippen LogP contribution in [0.15, 0.2) is 54.6 Å². The molecule has 0 saturated carbocycles. The number of esters is 1. The number of hydrogen-bond donors (Lipinski definition) is 0. The molecule has 1 aliphatic rings. The minimum absolute atomic E-state index is 0.00377. The van der Waals surface area contributed by atoms with Crippen LogP contribution in [0.5, 0.6) is 5.75 Å². The minimum atomic E-state index is -0.0590. The van der Waals surface area contributed by atoms with Gasteiger partial charge < -0.3 is 9.47 Å². The maximum Gasteiger partial charge on any atom is 0.310 e. The van der Waals surface area contributed by atoms with Crippen LogP contribution in [0.3, 0.4) is 0 Å². The Kier molecular flexibility index (Phi) is 7.28. The number of carbonyl (C=O) groups excluding carboxylic acids is 1. The summed E-state index contributed by atoms with van der Waals surface area (Å²) in [5.74, 6) is 0.890. The van der Waals surface area contributed by atoms with Gasteiger partial charge in [0, 0.05) is 19.5 Å². The second-order valence-electron chi connectivity index (χ2n) is 7.01. The van der Waals surface area contributed by atoms with Crippen LogP contribution in [0.1, 0.15) is 30.9 Å². The molecule has 0 aromatic heterocycles. The molecule has 4 heteroatoms. The lowest BCUT2D eigenvalue weighted by molar-refractivity contribution is -0.150. The minimum Gasteiger partial charge on any atom is -0.492 e. The topological polar surface area (TPSA) is 38.8 Å². The Morgan fingerprint density at radius 2 is 1.89 bits per heavy atom. The first kappa shape index (κ1) is 19.4. The van der Waals surface area contributed by atoms with Gasteiger partial charge in [-0.2, -0.15) is 0 Å². The van der Waals surface area contributed by atoms with Crippen molar-refractivity contribution >= 4 is 5.97 Å². The third-order valence-corrected chi connectivity index (χ3v) is 5.00. The third-order valence-electron chi connectivity index (χ3n) is 5.00. The van der Waals surface area contributed by atoms with Crippen LogP contribution < -0.4 is 4.74 Å². The third kappa shape index (κ3) is 5.83. The molecule has 0 unspecified atom stereocenters. The van der Waals surface area contributed by atoms with Crippen molar-refractivity contribution in [3.05, 3.63) is 65.7 Å². The summed E-state index contributed by atoms with van der Waals surface area (Å²) in [5, 5.41) is 0. The molecule has 0 aliphatic carbocycles. The summed E-state index contributed by atoms with van der Waals surface area (Å²) in [4.78, 5) is 14.3. The SMILES string of the molecule is CCOC(=O)[C@@H]1CCCN(CCOc2ccccc2Cc2ccccc2)C1. The van der Waals surface area contributed by atoms with Gasteiger partial charge in [0.05, 0.1) is 12.5 Å². The number of carbonyl (C=O) groups is 1. The highest BCUT2D eigenvalue weighted by atomic mass is 16.5. The number of piperidine rings is 1. The molecule has 2 aromatic carbocycles. The van der Waals surface area contributed by atoms with Gasteiger partial charge >= 0.3 is 5.97 Å². The first-order valence-electron chi connectivity index (χ1n) is 9.90. The number of para-hydroxylation sites is 1. The van der Waals surface area contributed by atoms with Crippen LogP contribution in [0, 0.1) is 5.92 Å². The normalized spacial score (nSPS) is 17.4. The lowest BCUT2D eigenvalue weighted by Crippen LogP contribution is -2.41. The fourth-order valence-electron chi connectivity index (χ4n) is 3.60. The summed E-state index contributed by atoms with van der Waals surface area (Å²) >= 11 is 0. The van der Waals surface area contributed by atoms with Crippen molar-refractivity contribution in [1.29, 1.82) is 0 Å². The first-order chi connectivity index (χ1) is 13.3. The number of benzene rings is 2. The number of likely N-dealkylation sites (tertiary alicyclic amines) is 1. The molecular weight excluding hydrogens is 338 g/mol. The van der Waals surface area contributed by atoms with Gasteiger partial charge in [0.2, 0.25) is 0 Å². The Hall–Kier alpha value is -2.33. The van der Waals surface area contributed by atoms with Gasteiger partial charge in [0.1, 0.15) is 12.4 Å². The van der Waals surface area contributed by atoms with Crippen molar-refractivity contribution in [3.8, 4) is 5.75 Å². The van der Waals surface area contributed by atoms with E-state index in [1.807, 2.05) is 25.1 Å². The van der Waals surface area contributed by atoms with Gasteiger partial charge in [0.15, 0.2) is 0 Å². The van der Waals surface area contributed by atoms with Crippen LogP contribution in [0.2, 0.25) is 0 Å². The summed E-state index contributed by atoms with van der Waals surface area (Å²) in [5.41, 5.74) is 2.48. The molecule has 0 bridgehead atoms. The highest BCUT2D eigenvalue weighted by molar-refractivity contribution is 5.72. The number of rotatable bonds is 8. The standard InChI is InChI=1S/C23H29NO3/c1-2-26-23(25)21-12-8-14-24(18-21)15-16-27-22-13-7-6-11-20(22)17-19-9-4-3-5-10-19/h3-7,9-11,13,21H,2,8,12,14-18H2,1H3/t21-/m1/s1. The highest BCUT2D eigenvalue weighted by Crippen LogP contribution is 2.22. The maximum absolute atomic E-state index is 12.0. The van der Waals surface area contributed by atoms with Crippen LogP contribution in [0.4, 0.5) is 0 Å². The van der Waals surface area contributed by atoms with Gasteiger partial charge in [-0.3, -0.25) is 9.69 Å². The van der Waals surface area contributed by atoms with Gasteiger partial charge in [0.25, 0.3) is 0 Å². The van der Waals surface area contributed by atoms with E-state index in [1.54, 1.807) is 0 Å². The van der Waals surface area contributed by atoms with E-state index in [0.29, 0.717) is 13.2 Å². The quantitative estimate of drug-likeness (QED) is 0.663. The molecular formula is C23H29NO3. The fraction of sp³-hybridized carbons (Fsp3) is 0.435. The zero-order valence-electron chi connectivity index (χ0n) is 16.1. The summed E-state index contributed by atoms with van der Waals surface area (Å²) < 4.78 is 11.3. The highest BCUT2D eigenvalue weighted by Gasteiger charge is 2.26. The molecule has 3 rings (SSSR count). The maximum atomic E-state index is 12.0. The van der Waals surface area contributed by atoms with E-state index >= 15 is 0 Å². The molecule has 4 nitrogen and oxygen atoms in total. The number of nitrogens with zero attached hydrogens (tertiary/aromatic N) is 1. The van der Waals surface area contributed by atoms with Gasteiger partial charge in [-0.15, -0.1) is 0 Å². The molecule has 144 valence electrons. The van der Waals surface area contributed by atoms with Gasteiger partial charge in [-0.25, -0.2) is 0 Å². The predicted octanol–water partition coefficient (Wildman–Crippen LogP) is 3.93. The number of ether oxygens (including phenoxy) is 2. The van der Waals surface area contributed by atoms with E-state index < -0.39 is 0 Å². The van der Waals surface area contributed by atoms with Crippen LogP contribution in [0.25, 0.3) is 0 Å². The van der Waals surface area contributed by atoms with Gasteiger partial charge in [-0.05, 0) is 43.5 Å². The van der Waals surface area contributed by atoms with Crippen molar-refractivity contribution < 1.29 is 14.3 Å². The molecule has 1 atom stereocenters. The predicted molar refractivity (Wildman–Crippen MR) is 107 cm³/mol. The Labute approximate surface area is 162 Å². The number of hydrogen-bond acceptors (Lipinski definition) is 4. The van der Waals surface area contributed by atoms with Crippen molar-refractivity contribution in [2.24, 2.45) is 5.92 Å². The molecule has 0 amide bonds. The monoisotopic (exact) mass is 367 g/mol. The lowest BCUT2D eigenvalue weighted by Gasteiger charge is -2.31. The van der Waals surface area contributed by atoms with Crippen LogP contribution in [-0.2, 0) is 16.0 Å². The molecule has 1 heterocycles. The Morgan fingerprint density at radius 3 is 2.70 bits per heavy atom. The van der Waals surface area contributed by atoms with E-state index in [-0.39, 0.29) is 11.9 Å². The molecule has 2 aromatic rings. The van der Waals surface area contributed by atoms with E-state index in [2.05, 4.69) is 41.3 Å². The summed E-state index contributed by atoms with van der Waals surface area (Å²) in [6.07, 6.45) is 2.83. The zero-order chi connectivity index (χ0) is 18.9. The summed E-state index contributed by atoms with van der Waals surface area (Å²) in [6, 6.07) is 18.7. The van der Waals surface area contributed by atoms with E-state index in [0.717, 1.165) is 44.6 Å².